The SMILES string of the molecule is Cn1cc(CNCc2cc(C(=O)O)ccc2F)c(-c2ccccc2)n1. The van der Waals surface area contributed by atoms with Crippen molar-refractivity contribution in [2.45, 2.75) is 13.1 Å². The summed E-state index contributed by atoms with van der Waals surface area (Å²) in [5.41, 5.74) is 3.27. The van der Waals surface area contributed by atoms with Crippen LogP contribution in [0.1, 0.15) is 21.5 Å². The molecule has 0 aliphatic rings. The van der Waals surface area contributed by atoms with Crippen LogP contribution in [0.25, 0.3) is 11.3 Å². The lowest BCUT2D eigenvalue weighted by atomic mass is 10.1. The highest BCUT2D eigenvalue weighted by Crippen LogP contribution is 2.21. The fourth-order valence-corrected chi connectivity index (χ4v) is 2.68. The summed E-state index contributed by atoms with van der Waals surface area (Å²) in [6, 6.07) is 13.6. The van der Waals surface area contributed by atoms with Crippen LogP contribution in [-0.4, -0.2) is 20.9 Å². The molecule has 0 saturated carbocycles. The highest BCUT2D eigenvalue weighted by atomic mass is 19.1. The van der Waals surface area contributed by atoms with Crippen molar-refractivity contribution in [2.24, 2.45) is 7.05 Å². The van der Waals surface area contributed by atoms with E-state index in [4.69, 9.17) is 5.11 Å². The Balaban J connectivity index is 1.73. The number of carboxylic acids is 1. The Labute approximate surface area is 144 Å². The number of carboxylic acid groups (broad SMARTS) is 1. The second-order valence-electron chi connectivity index (χ2n) is 5.76. The molecule has 5 nitrogen and oxygen atoms in total. The molecule has 1 aromatic heterocycles. The summed E-state index contributed by atoms with van der Waals surface area (Å²) in [5.74, 6) is -1.49. The molecule has 0 atom stereocenters. The van der Waals surface area contributed by atoms with Gasteiger partial charge in [0.2, 0.25) is 0 Å². The van der Waals surface area contributed by atoms with Crippen LogP contribution in [0.4, 0.5) is 4.39 Å². The Bertz CT molecular complexity index is 891. The molecular weight excluding hydrogens is 321 g/mol. The molecule has 0 radical (unpaired) electrons. The van der Waals surface area contributed by atoms with Crippen LogP contribution < -0.4 is 5.32 Å². The van der Waals surface area contributed by atoms with E-state index in [1.54, 1.807) is 4.68 Å². The zero-order valence-electron chi connectivity index (χ0n) is 13.7. The van der Waals surface area contributed by atoms with Crippen LogP contribution in [-0.2, 0) is 20.1 Å². The van der Waals surface area contributed by atoms with Crippen LogP contribution in [0, 0.1) is 5.82 Å². The van der Waals surface area contributed by atoms with Gasteiger partial charge in [0.05, 0.1) is 11.3 Å². The maximum absolute atomic E-state index is 13.9. The Kier molecular flexibility index (Phi) is 4.90. The van der Waals surface area contributed by atoms with E-state index in [9.17, 15) is 9.18 Å². The van der Waals surface area contributed by atoms with Crippen molar-refractivity contribution in [3.05, 3.63) is 77.2 Å². The Hall–Kier alpha value is -2.99. The molecule has 128 valence electrons. The number of benzene rings is 2. The van der Waals surface area contributed by atoms with E-state index in [-0.39, 0.29) is 12.1 Å². The van der Waals surface area contributed by atoms with Crippen LogP contribution in [0.3, 0.4) is 0 Å². The fourth-order valence-electron chi connectivity index (χ4n) is 2.68. The van der Waals surface area contributed by atoms with Crippen molar-refractivity contribution < 1.29 is 14.3 Å². The fraction of sp³-hybridized carbons (Fsp3) is 0.158. The van der Waals surface area contributed by atoms with Gasteiger partial charge in [-0.25, -0.2) is 9.18 Å². The summed E-state index contributed by atoms with van der Waals surface area (Å²) in [7, 11) is 1.85. The van der Waals surface area contributed by atoms with Crippen molar-refractivity contribution in [1.82, 2.24) is 15.1 Å². The molecule has 0 fully saturated rings. The molecule has 3 aromatic rings. The summed E-state index contributed by atoms with van der Waals surface area (Å²) in [6.45, 7) is 0.727. The molecule has 0 spiro atoms. The first-order valence-corrected chi connectivity index (χ1v) is 7.85. The van der Waals surface area contributed by atoms with Gasteiger partial charge in [-0.05, 0) is 18.2 Å². The molecule has 1 heterocycles. The molecule has 3 rings (SSSR count). The van der Waals surface area contributed by atoms with E-state index >= 15 is 0 Å². The van der Waals surface area contributed by atoms with E-state index in [0.717, 1.165) is 16.8 Å². The lowest BCUT2D eigenvalue weighted by molar-refractivity contribution is 0.0696. The topological polar surface area (TPSA) is 67.2 Å². The summed E-state index contributed by atoms with van der Waals surface area (Å²) >= 11 is 0. The maximum Gasteiger partial charge on any atom is 0.335 e. The minimum absolute atomic E-state index is 0.0737. The maximum atomic E-state index is 13.9. The minimum Gasteiger partial charge on any atom is -0.478 e. The smallest absolute Gasteiger partial charge is 0.335 e. The predicted molar refractivity (Wildman–Crippen MR) is 92.5 cm³/mol. The van der Waals surface area contributed by atoms with Crippen LogP contribution in [0.2, 0.25) is 0 Å². The zero-order chi connectivity index (χ0) is 17.8. The number of hydrogen-bond donors (Lipinski definition) is 2. The zero-order valence-corrected chi connectivity index (χ0v) is 13.7. The lowest BCUT2D eigenvalue weighted by Crippen LogP contribution is -2.14. The molecule has 0 unspecified atom stereocenters. The number of hydrogen-bond acceptors (Lipinski definition) is 3. The number of aromatic carboxylic acids is 1. The first-order valence-electron chi connectivity index (χ1n) is 7.85. The number of rotatable bonds is 6. The third-order valence-corrected chi connectivity index (χ3v) is 3.88. The van der Waals surface area contributed by atoms with E-state index in [2.05, 4.69) is 10.4 Å². The average Bonchev–Trinajstić information content (AvgIpc) is 2.98. The van der Waals surface area contributed by atoms with Crippen molar-refractivity contribution >= 4 is 5.97 Å². The quantitative estimate of drug-likeness (QED) is 0.724. The van der Waals surface area contributed by atoms with Crippen molar-refractivity contribution in [3.8, 4) is 11.3 Å². The first kappa shape index (κ1) is 16.9. The molecular formula is C19H18FN3O2. The molecule has 2 N–H and O–H groups in total. The summed E-state index contributed by atoms with van der Waals surface area (Å²) in [4.78, 5) is 11.0. The van der Waals surface area contributed by atoms with Crippen molar-refractivity contribution in [2.75, 3.05) is 0 Å². The molecule has 25 heavy (non-hydrogen) atoms. The van der Waals surface area contributed by atoms with Gasteiger partial charge in [-0.3, -0.25) is 4.68 Å². The first-order chi connectivity index (χ1) is 12.0. The summed E-state index contributed by atoms with van der Waals surface area (Å²) < 4.78 is 15.6. The predicted octanol–water partition coefficient (Wildman–Crippen LogP) is 3.21. The normalized spacial score (nSPS) is 10.8. The molecule has 6 heteroatoms. The second kappa shape index (κ2) is 7.27. The highest BCUT2D eigenvalue weighted by Gasteiger charge is 2.11. The van der Waals surface area contributed by atoms with Gasteiger partial charge in [0.1, 0.15) is 5.82 Å². The monoisotopic (exact) mass is 339 g/mol. The van der Waals surface area contributed by atoms with Gasteiger partial charge in [-0.15, -0.1) is 0 Å². The van der Waals surface area contributed by atoms with Crippen molar-refractivity contribution in [1.29, 1.82) is 0 Å². The molecule has 0 aliphatic heterocycles. The van der Waals surface area contributed by atoms with Gasteiger partial charge >= 0.3 is 5.97 Å². The number of nitrogens with zero attached hydrogens (tertiary/aromatic N) is 2. The number of aryl methyl sites for hydroxylation is 1. The standard InChI is InChI=1S/C19H18FN3O2/c1-23-12-16(18(22-23)13-5-3-2-4-6-13)11-21-10-15-9-14(19(24)25)7-8-17(15)20/h2-9,12,21H,10-11H2,1H3,(H,24,25). The van der Waals surface area contributed by atoms with E-state index < -0.39 is 11.8 Å². The third-order valence-electron chi connectivity index (χ3n) is 3.88. The van der Waals surface area contributed by atoms with E-state index in [1.165, 1.54) is 18.2 Å². The number of halogens is 1. The van der Waals surface area contributed by atoms with Gasteiger partial charge in [0.15, 0.2) is 0 Å². The van der Waals surface area contributed by atoms with Gasteiger partial charge in [-0.2, -0.15) is 5.10 Å². The second-order valence-corrected chi connectivity index (χ2v) is 5.76. The largest absolute Gasteiger partial charge is 0.478 e. The van der Waals surface area contributed by atoms with Gasteiger partial charge in [0.25, 0.3) is 0 Å². The van der Waals surface area contributed by atoms with Crippen molar-refractivity contribution in [3.63, 3.8) is 0 Å². The van der Waals surface area contributed by atoms with Crippen LogP contribution >= 0.6 is 0 Å². The molecule has 0 bridgehead atoms. The van der Waals surface area contributed by atoms with Crippen LogP contribution in [0.5, 0.6) is 0 Å². The van der Waals surface area contributed by atoms with E-state index in [1.807, 2.05) is 43.6 Å². The molecule has 0 amide bonds. The third kappa shape index (κ3) is 3.92. The number of nitrogens with one attached hydrogen (secondary N) is 1. The number of carbonyl (C=O) groups is 1. The van der Waals surface area contributed by atoms with Gasteiger partial charge < -0.3 is 10.4 Å². The highest BCUT2D eigenvalue weighted by molar-refractivity contribution is 5.87. The molecule has 2 aromatic carbocycles. The van der Waals surface area contributed by atoms with Crippen LogP contribution in [0.15, 0.2) is 54.7 Å². The summed E-state index contributed by atoms with van der Waals surface area (Å²) in [5, 5.41) is 16.7. The molecule has 0 aliphatic carbocycles. The number of aromatic nitrogens is 2. The minimum atomic E-state index is -1.07. The Morgan fingerprint density at radius 2 is 1.88 bits per heavy atom. The summed E-state index contributed by atoms with van der Waals surface area (Å²) in [6.07, 6.45) is 1.92. The van der Waals surface area contributed by atoms with Gasteiger partial charge in [-0.1, -0.05) is 30.3 Å². The van der Waals surface area contributed by atoms with E-state index in [0.29, 0.717) is 12.1 Å². The Morgan fingerprint density at radius 3 is 2.60 bits per heavy atom. The average molecular weight is 339 g/mol. The lowest BCUT2D eigenvalue weighted by Gasteiger charge is -2.07. The Morgan fingerprint density at radius 1 is 1.16 bits per heavy atom. The molecule has 0 saturated heterocycles. The van der Waals surface area contributed by atoms with Gasteiger partial charge in [0, 0.05) is 43.0 Å².